The summed E-state index contributed by atoms with van der Waals surface area (Å²) in [7, 11) is 0. The maximum atomic E-state index is 13.0. The Labute approximate surface area is 201 Å². The van der Waals surface area contributed by atoms with E-state index in [0.717, 1.165) is 39.3 Å². The molecule has 2 amide bonds. The Hall–Kier alpha value is -2.84. The van der Waals surface area contributed by atoms with Gasteiger partial charge in [-0.25, -0.2) is 0 Å². The molecule has 1 aromatic carbocycles. The number of amides is 2. The molecule has 0 radical (unpaired) electrons. The van der Waals surface area contributed by atoms with Crippen LogP contribution < -0.4 is 20.4 Å². The summed E-state index contributed by atoms with van der Waals surface area (Å²) in [4.78, 5) is 28.8. The average molecular weight is 473 g/mol. The molecule has 0 spiro atoms. The van der Waals surface area contributed by atoms with Gasteiger partial charge >= 0.3 is 0 Å². The molecule has 3 rings (SSSR count). The van der Waals surface area contributed by atoms with Crippen molar-refractivity contribution in [3.05, 3.63) is 34.8 Å². The molecule has 2 aromatic heterocycles. The second kappa shape index (κ2) is 11.5. The Morgan fingerprint density at radius 2 is 1.06 bits per heavy atom. The quantitative estimate of drug-likeness (QED) is 0.318. The smallest absolute Gasteiger partial charge is 0.255 e. The molecule has 0 bridgehead atoms. The molecule has 2 heterocycles. The van der Waals surface area contributed by atoms with Crippen LogP contribution in [0.4, 0.5) is 0 Å². The number of carbonyl (C=O) groups excluding carboxylic acids is 2. The van der Waals surface area contributed by atoms with Gasteiger partial charge < -0.3 is 29.3 Å². The van der Waals surface area contributed by atoms with Crippen molar-refractivity contribution in [1.82, 2.24) is 10.6 Å². The van der Waals surface area contributed by atoms with E-state index >= 15 is 0 Å². The molecular formula is C26H40N4O4+2. The van der Waals surface area contributed by atoms with Crippen LogP contribution in [-0.2, 0) is 0 Å². The highest BCUT2D eigenvalue weighted by molar-refractivity contribution is 6.13. The maximum Gasteiger partial charge on any atom is 0.255 e. The normalized spacial score (nSPS) is 11.8. The highest BCUT2D eigenvalue weighted by Crippen LogP contribution is 2.34. The predicted molar refractivity (Wildman–Crippen MR) is 134 cm³/mol. The Kier molecular flexibility index (Phi) is 8.74. The molecule has 0 saturated carbocycles. The lowest BCUT2D eigenvalue weighted by atomic mass is 10.1. The van der Waals surface area contributed by atoms with Gasteiger partial charge in [0.25, 0.3) is 11.8 Å². The first-order chi connectivity index (χ1) is 16.3. The summed E-state index contributed by atoms with van der Waals surface area (Å²) in [6.07, 6.45) is 0. The minimum absolute atomic E-state index is 0.151. The molecule has 0 unspecified atom stereocenters. The van der Waals surface area contributed by atoms with E-state index in [-0.39, 0.29) is 11.8 Å². The Bertz CT molecular complexity index is 1050. The van der Waals surface area contributed by atoms with E-state index in [1.54, 1.807) is 13.8 Å². The first-order valence-electron chi connectivity index (χ1n) is 12.5. The molecule has 4 N–H and O–H groups in total. The van der Waals surface area contributed by atoms with E-state index in [2.05, 4.69) is 38.3 Å². The number of rotatable bonds is 12. The lowest BCUT2D eigenvalue weighted by Gasteiger charge is -2.15. The number of fused-ring (bicyclic) bond motifs is 2. The van der Waals surface area contributed by atoms with Crippen molar-refractivity contribution >= 4 is 33.8 Å². The van der Waals surface area contributed by atoms with Gasteiger partial charge in [-0.3, -0.25) is 9.59 Å². The van der Waals surface area contributed by atoms with Gasteiger partial charge in [0.15, 0.2) is 0 Å². The monoisotopic (exact) mass is 472 g/mol. The summed E-state index contributed by atoms with van der Waals surface area (Å²) in [5.41, 5.74) is 2.20. The number of hydrogen-bond donors (Lipinski definition) is 4. The largest absolute Gasteiger partial charge is 0.460 e. The summed E-state index contributed by atoms with van der Waals surface area (Å²) in [5, 5.41) is 7.45. The van der Waals surface area contributed by atoms with Gasteiger partial charge in [-0.2, -0.15) is 0 Å². The van der Waals surface area contributed by atoms with Crippen LogP contribution in [0.5, 0.6) is 0 Å². The number of aryl methyl sites for hydroxylation is 2. The van der Waals surface area contributed by atoms with Gasteiger partial charge in [0, 0.05) is 10.8 Å². The first kappa shape index (κ1) is 25.8. The Balaban J connectivity index is 1.83. The van der Waals surface area contributed by atoms with Crippen molar-refractivity contribution in [1.29, 1.82) is 0 Å². The molecule has 0 aliphatic carbocycles. The number of quaternary nitrogens is 2. The molecule has 0 fully saturated rings. The van der Waals surface area contributed by atoms with Gasteiger partial charge in [0.05, 0.1) is 63.5 Å². The van der Waals surface area contributed by atoms with Crippen LogP contribution in [0.15, 0.2) is 21.0 Å². The second-order valence-electron chi connectivity index (χ2n) is 8.84. The molecule has 0 aliphatic rings. The Morgan fingerprint density at radius 3 is 1.38 bits per heavy atom. The fraction of sp³-hybridized carbons (Fsp3) is 0.538. The number of benzene rings is 1. The number of likely N-dealkylation sites (N-methyl/N-ethyl adjacent to an activating group) is 2. The number of furan rings is 2. The summed E-state index contributed by atoms with van der Waals surface area (Å²) < 4.78 is 11.9. The van der Waals surface area contributed by atoms with Crippen LogP contribution in [0.2, 0.25) is 0 Å². The lowest BCUT2D eigenvalue weighted by molar-refractivity contribution is -0.895. The zero-order valence-corrected chi connectivity index (χ0v) is 21.4. The van der Waals surface area contributed by atoms with Crippen molar-refractivity contribution < 1.29 is 28.2 Å². The van der Waals surface area contributed by atoms with E-state index in [1.807, 2.05) is 12.1 Å². The molecule has 34 heavy (non-hydrogen) atoms. The van der Waals surface area contributed by atoms with Gasteiger partial charge in [-0.15, -0.1) is 0 Å². The van der Waals surface area contributed by atoms with Crippen molar-refractivity contribution in [2.75, 3.05) is 52.4 Å². The molecule has 0 saturated heterocycles. The van der Waals surface area contributed by atoms with E-state index in [0.29, 0.717) is 57.7 Å². The van der Waals surface area contributed by atoms with Crippen molar-refractivity contribution in [3.63, 3.8) is 0 Å². The van der Waals surface area contributed by atoms with Crippen LogP contribution in [0, 0.1) is 13.8 Å². The second-order valence-corrected chi connectivity index (χ2v) is 8.84. The van der Waals surface area contributed by atoms with Gasteiger partial charge in [0.2, 0.25) is 0 Å². The molecule has 186 valence electrons. The summed E-state index contributed by atoms with van der Waals surface area (Å²) >= 11 is 0. The minimum Gasteiger partial charge on any atom is -0.460 e. The number of hydrogen-bond acceptors (Lipinski definition) is 4. The molecular weight excluding hydrogens is 432 g/mol. The van der Waals surface area contributed by atoms with Gasteiger partial charge in [-0.05, 0) is 53.7 Å². The molecule has 0 aliphatic heterocycles. The molecule has 3 aromatic rings. The maximum absolute atomic E-state index is 13.0. The third-order valence-electron chi connectivity index (χ3n) is 6.83. The van der Waals surface area contributed by atoms with Crippen molar-refractivity contribution in [2.24, 2.45) is 0 Å². The minimum atomic E-state index is -0.151. The lowest BCUT2D eigenvalue weighted by Crippen LogP contribution is -3.12. The fourth-order valence-corrected chi connectivity index (χ4v) is 4.58. The van der Waals surface area contributed by atoms with E-state index in [4.69, 9.17) is 8.83 Å². The Morgan fingerprint density at radius 1 is 0.706 bits per heavy atom. The zero-order chi connectivity index (χ0) is 24.8. The average Bonchev–Trinajstić information content (AvgIpc) is 3.31. The standard InChI is InChI=1S/C26H38N4O4/c1-7-29(8-2)13-11-27-25(31)23-17(5)33-21-16-20-22(15-19(21)23)34-18(6)24(20)26(32)28-12-14-30(9-3)10-4/h15-16H,7-14H2,1-6H3,(H,27,31)(H,28,32)/p+2. The van der Waals surface area contributed by atoms with Crippen LogP contribution in [0.3, 0.4) is 0 Å². The highest BCUT2D eigenvalue weighted by Gasteiger charge is 2.24. The van der Waals surface area contributed by atoms with Crippen LogP contribution >= 0.6 is 0 Å². The van der Waals surface area contributed by atoms with Crippen LogP contribution in [0.25, 0.3) is 21.9 Å². The van der Waals surface area contributed by atoms with E-state index in [1.165, 1.54) is 9.80 Å². The van der Waals surface area contributed by atoms with E-state index < -0.39 is 0 Å². The molecule has 8 nitrogen and oxygen atoms in total. The number of nitrogens with one attached hydrogen (secondary N) is 4. The summed E-state index contributed by atoms with van der Waals surface area (Å²) in [5.74, 6) is 0.810. The zero-order valence-electron chi connectivity index (χ0n) is 21.4. The van der Waals surface area contributed by atoms with Crippen molar-refractivity contribution in [2.45, 2.75) is 41.5 Å². The summed E-state index contributed by atoms with van der Waals surface area (Å²) in [6.45, 7) is 19.2. The topological polar surface area (TPSA) is 93.4 Å². The third-order valence-corrected chi connectivity index (χ3v) is 6.83. The van der Waals surface area contributed by atoms with E-state index in [9.17, 15) is 9.59 Å². The van der Waals surface area contributed by atoms with Gasteiger partial charge in [0.1, 0.15) is 22.7 Å². The molecule has 8 heteroatoms. The van der Waals surface area contributed by atoms with Crippen molar-refractivity contribution in [3.8, 4) is 0 Å². The highest BCUT2D eigenvalue weighted by atomic mass is 16.3. The fourth-order valence-electron chi connectivity index (χ4n) is 4.58. The number of carbonyl (C=O) groups is 2. The van der Waals surface area contributed by atoms with Crippen LogP contribution in [0.1, 0.15) is 59.9 Å². The first-order valence-corrected chi connectivity index (χ1v) is 12.5. The predicted octanol–water partition coefficient (Wildman–Crippen LogP) is 1.10. The van der Waals surface area contributed by atoms with Crippen LogP contribution in [-0.4, -0.2) is 64.2 Å². The summed E-state index contributed by atoms with van der Waals surface area (Å²) in [6, 6.07) is 3.63. The molecule has 0 atom stereocenters. The van der Waals surface area contributed by atoms with Gasteiger partial charge in [-0.1, -0.05) is 0 Å². The SMILES string of the molecule is CC[NH+](CC)CCNC(=O)c1c(C)oc2cc3c(C(=O)NCC[NH+](CC)CC)c(C)oc3cc12. The third kappa shape index (κ3) is 5.45.